The summed E-state index contributed by atoms with van der Waals surface area (Å²) in [4.78, 5) is 14.7. The highest BCUT2D eigenvalue weighted by Crippen LogP contribution is 2.48. The van der Waals surface area contributed by atoms with Crippen molar-refractivity contribution >= 4 is 23.1 Å². The van der Waals surface area contributed by atoms with Gasteiger partial charge in [0.2, 0.25) is 5.91 Å². The quantitative estimate of drug-likeness (QED) is 0.710. The molecular weight excluding hydrogens is 236 g/mol. The fourth-order valence-electron chi connectivity index (χ4n) is 2.83. The summed E-state index contributed by atoms with van der Waals surface area (Å²) >= 11 is 5.09. The minimum Gasteiger partial charge on any atom is -0.395 e. The van der Waals surface area contributed by atoms with Crippen LogP contribution >= 0.6 is 12.2 Å². The lowest BCUT2D eigenvalue weighted by Gasteiger charge is -2.46. The lowest BCUT2D eigenvalue weighted by atomic mass is 9.61. The summed E-state index contributed by atoms with van der Waals surface area (Å²) in [6, 6.07) is 0.303. The van der Waals surface area contributed by atoms with Crippen molar-refractivity contribution in [3.8, 4) is 0 Å². The van der Waals surface area contributed by atoms with Crippen LogP contribution < -0.4 is 5.73 Å². The lowest BCUT2D eigenvalue weighted by Crippen LogP contribution is -2.57. The number of amides is 1. The van der Waals surface area contributed by atoms with Crippen molar-refractivity contribution in [3.05, 3.63) is 0 Å². The number of carbonyl (C=O) groups is 1. The molecule has 0 radical (unpaired) electrons. The average Bonchev–Trinajstić information content (AvgIpc) is 3.03. The highest BCUT2D eigenvalue weighted by atomic mass is 32.1. The molecule has 2 rings (SSSR count). The standard InChI is InChI=1S/C12H20N2O2S/c1-8-6-12(7-8,10(13)17)11(16)14(4-5-15)9-2-3-9/h8-9,15H,2-7H2,1H3,(H2,13,17). The van der Waals surface area contributed by atoms with Gasteiger partial charge in [0.1, 0.15) is 0 Å². The molecule has 5 heteroatoms. The van der Waals surface area contributed by atoms with Crippen molar-refractivity contribution in [2.45, 2.75) is 38.6 Å². The number of nitrogens with zero attached hydrogens (tertiary/aromatic N) is 1. The molecule has 1 amide bonds. The van der Waals surface area contributed by atoms with E-state index in [1.54, 1.807) is 4.90 Å². The summed E-state index contributed by atoms with van der Waals surface area (Å²) < 4.78 is 0. The second kappa shape index (κ2) is 4.53. The van der Waals surface area contributed by atoms with E-state index in [1.165, 1.54) is 0 Å². The second-order valence-electron chi connectivity index (χ2n) is 5.41. The highest BCUT2D eigenvalue weighted by Gasteiger charge is 2.54. The van der Waals surface area contributed by atoms with Crippen LogP contribution in [0.3, 0.4) is 0 Å². The van der Waals surface area contributed by atoms with E-state index in [4.69, 9.17) is 23.1 Å². The van der Waals surface area contributed by atoms with Crippen LogP contribution in [0.4, 0.5) is 0 Å². The number of hydrogen-bond donors (Lipinski definition) is 2. The van der Waals surface area contributed by atoms with Gasteiger partial charge in [-0.3, -0.25) is 4.79 Å². The second-order valence-corrected chi connectivity index (χ2v) is 5.85. The number of nitrogens with two attached hydrogens (primary N) is 1. The van der Waals surface area contributed by atoms with E-state index in [2.05, 4.69) is 6.92 Å². The maximum absolute atomic E-state index is 12.6. The van der Waals surface area contributed by atoms with Gasteiger partial charge in [-0.05, 0) is 31.6 Å². The SMILES string of the molecule is CC1CC(C(=O)N(CCO)C2CC2)(C(N)=S)C1. The molecule has 2 aliphatic carbocycles. The number of carbonyl (C=O) groups excluding carboxylic acids is 1. The number of rotatable bonds is 5. The third-order valence-corrected chi connectivity index (χ3v) is 4.26. The fourth-order valence-corrected chi connectivity index (χ4v) is 3.08. The number of aliphatic hydroxyl groups is 1. The summed E-state index contributed by atoms with van der Waals surface area (Å²) in [6.07, 6.45) is 3.59. The van der Waals surface area contributed by atoms with Crippen LogP contribution in [0.5, 0.6) is 0 Å². The molecule has 0 saturated heterocycles. The zero-order valence-corrected chi connectivity index (χ0v) is 11.0. The van der Waals surface area contributed by atoms with Gasteiger partial charge in [-0.1, -0.05) is 19.1 Å². The van der Waals surface area contributed by atoms with Gasteiger partial charge in [-0.2, -0.15) is 0 Å². The molecule has 0 bridgehead atoms. The molecule has 0 heterocycles. The average molecular weight is 256 g/mol. The molecule has 0 aromatic heterocycles. The van der Waals surface area contributed by atoms with Crippen molar-refractivity contribution in [3.63, 3.8) is 0 Å². The van der Waals surface area contributed by atoms with Crippen molar-refractivity contribution in [1.29, 1.82) is 0 Å². The van der Waals surface area contributed by atoms with E-state index in [-0.39, 0.29) is 12.5 Å². The highest BCUT2D eigenvalue weighted by molar-refractivity contribution is 7.80. The number of thiocarbonyl (C=S) groups is 1. The summed E-state index contributed by atoms with van der Waals surface area (Å²) in [7, 11) is 0. The Labute approximate surface area is 107 Å². The predicted octanol–water partition coefficient (Wildman–Crippen LogP) is 0.672. The van der Waals surface area contributed by atoms with E-state index < -0.39 is 5.41 Å². The molecule has 3 N–H and O–H groups in total. The molecule has 0 aromatic rings. The Balaban J connectivity index is 2.12. The van der Waals surface area contributed by atoms with Gasteiger partial charge in [0.05, 0.1) is 17.0 Å². The molecule has 4 nitrogen and oxygen atoms in total. The third-order valence-electron chi connectivity index (χ3n) is 3.86. The summed E-state index contributed by atoms with van der Waals surface area (Å²) in [6.45, 7) is 2.52. The Hall–Kier alpha value is -0.680. The van der Waals surface area contributed by atoms with Crippen LogP contribution in [0.1, 0.15) is 32.6 Å². The van der Waals surface area contributed by atoms with E-state index in [0.29, 0.717) is 23.5 Å². The molecule has 0 aromatic carbocycles. The topological polar surface area (TPSA) is 66.6 Å². The van der Waals surface area contributed by atoms with E-state index in [1.807, 2.05) is 0 Å². The maximum Gasteiger partial charge on any atom is 0.235 e. The molecule has 96 valence electrons. The Kier molecular flexibility index (Phi) is 3.41. The molecule has 0 aliphatic heterocycles. The van der Waals surface area contributed by atoms with Crippen molar-refractivity contribution in [2.24, 2.45) is 17.1 Å². The van der Waals surface area contributed by atoms with Crippen LogP contribution in [0.2, 0.25) is 0 Å². The van der Waals surface area contributed by atoms with Gasteiger partial charge in [0.25, 0.3) is 0 Å². The van der Waals surface area contributed by atoms with Crippen molar-refractivity contribution in [1.82, 2.24) is 4.90 Å². The largest absolute Gasteiger partial charge is 0.395 e. The summed E-state index contributed by atoms with van der Waals surface area (Å²) in [5.41, 5.74) is 5.15. The van der Waals surface area contributed by atoms with E-state index >= 15 is 0 Å². The lowest BCUT2D eigenvalue weighted by molar-refractivity contribution is -0.145. The first-order valence-corrected chi connectivity index (χ1v) is 6.64. The zero-order valence-electron chi connectivity index (χ0n) is 10.2. The minimum atomic E-state index is -0.619. The van der Waals surface area contributed by atoms with Crippen LogP contribution in [0.15, 0.2) is 0 Å². The van der Waals surface area contributed by atoms with Crippen LogP contribution in [0.25, 0.3) is 0 Å². The molecule has 0 atom stereocenters. The van der Waals surface area contributed by atoms with Gasteiger partial charge in [-0.15, -0.1) is 0 Å². The smallest absolute Gasteiger partial charge is 0.235 e. The number of aliphatic hydroxyl groups excluding tert-OH is 1. The monoisotopic (exact) mass is 256 g/mol. The van der Waals surface area contributed by atoms with Gasteiger partial charge >= 0.3 is 0 Å². The van der Waals surface area contributed by atoms with Crippen LogP contribution in [-0.4, -0.2) is 40.1 Å². The molecule has 17 heavy (non-hydrogen) atoms. The molecule has 0 spiro atoms. The van der Waals surface area contributed by atoms with Gasteiger partial charge in [0, 0.05) is 12.6 Å². The fraction of sp³-hybridized carbons (Fsp3) is 0.833. The van der Waals surface area contributed by atoms with Crippen molar-refractivity contribution in [2.75, 3.05) is 13.2 Å². The zero-order chi connectivity index (χ0) is 12.6. The third kappa shape index (κ3) is 2.18. The predicted molar refractivity (Wildman–Crippen MR) is 69.4 cm³/mol. The molecule has 0 unspecified atom stereocenters. The van der Waals surface area contributed by atoms with Crippen molar-refractivity contribution < 1.29 is 9.90 Å². The van der Waals surface area contributed by atoms with E-state index in [0.717, 1.165) is 25.7 Å². The normalized spacial score (nSPS) is 31.8. The summed E-state index contributed by atoms with van der Waals surface area (Å²) in [5, 5.41) is 9.05. The van der Waals surface area contributed by atoms with Gasteiger partial charge in [0.15, 0.2) is 0 Å². The Bertz CT molecular complexity index is 335. The first-order valence-electron chi connectivity index (χ1n) is 6.23. The summed E-state index contributed by atoms with van der Waals surface area (Å²) in [5.74, 6) is 0.551. The first kappa shape index (κ1) is 12.8. The molecule has 2 fully saturated rings. The Morgan fingerprint density at radius 2 is 2.12 bits per heavy atom. The van der Waals surface area contributed by atoms with Crippen LogP contribution in [-0.2, 0) is 4.79 Å². The Morgan fingerprint density at radius 3 is 2.47 bits per heavy atom. The first-order chi connectivity index (χ1) is 8.01. The minimum absolute atomic E-state index is 0.00517. The molecular formula is C12H20N2O2S. The van der Waals surface area contributed by atoms with Gasteiger partial charge < -0.3 is 15.7 Å². The molecule has 2 aliphatic rings. The van der Waals surface area contributed by atoms with Crippen LogP contribution in [0, 0.1) is 11.3 Å². The molecule has 2 saturated carbocycles. The maximum atomic E-state index is 12.6. The van der Waals surface area contributed by atoms with Gasteiger partial charge in [-0.25, -0.2) is 0 Å². The van der Waals surface area contributed by atoms with E-state index in [9.17, 15) is 4.79 Å². The number of hydrogen-bond acceptors (Lipinski definition) is 3. The Morgan fingerprint density at radius 1 is 1.53 bits per heavy atom.